The van der Waals surface area contributed by atoms with Gasteiger partial charge in [0.1, 0.15) is 12.4 Å². The normalized spacial score (nSPS) is 37.9. The molecule has 1 aromatic rings. The lowest BCUT2D eigenvalue weighted by Gasteiger charge is -2.54. The van der Waals surface area contributed by atoms with Gasteiger partial charge in [-0.25, -0.2) is 9.97 Å². The van der Waals surface area contributed by atoms with E-state index >= 15 is 0 Å². The average molecular weight is 274 g/mol. The van der Waals surface area contributed by atoms with Crippen LogP contribution in [0.3, 0.4) is 0 Å². The quantitative estimate of drug-likeness (QED) is 0.677. The van der Waals surface area contributed by atoms with Crippen molar-refractivity contribution in [3.8, 4) is 0 Å². The van der Waals surface area contributed by atoms with Gasteiger partial charge in [-0.1, -0.05) is 0 Å². The van der Waals surface area contributed by atoms with Crippen LogP contribution in [0, 0.1) is 33.8 Å². The largest absolute Gasteiger partial charge is 0.351 e. The Morgan fingerprint density at radius 1 is 1.05 bits per heavy atom. The molecule has 4 fully saturated rings. The van der Waals surface area contributed by atoms with Gasteiger partial charge in [-0.3, -0.25) is 10.1 Å². The minimum Gasteiger partial charge on any atom is -0.351 e. The van der Waals surface area contributed by atoms with Crippen LogP contribution in [0.5, 0.6) is 0 Å². The number of nitro groups is 1. The van der Waals surface area contributed by atoms with Gasteiger partial charge in [-0.05, 0) is 55.8 Å². The molecular formula is C14H18N4O2. The van der Waals surface area contributed by atoms with Crippen LogP contribution in [0.1, 0.15) is 32.1 Å². The zero-order valence-corrected chi connectivity index (χ0v) is 11.2. The van der Waals surface area contributed by atoms with E-state index in [1.54, 1.807) is 0 Å². The van der Waals surface area contributed by atoms with E-state index in [9.17, 15) is 10.1 Å². The lowest BCUT2D eigenvalue weighted by atomic mass is 9.54. The second kappa shape index (κ2) is 4.40. The van der Waals surface area contributed by atoms with Crippen LogP contribution in [0.2, 0.25) is 0 Å². The van der Waals surface area contributed by atoms with Crippen molar-refractivity contribution in [2.24, 2.45) is 23.7 Å². The van der Waals surface area contributed by atoms with E-state index in [0.29, 0.717) is 12.0 Å². The molecule has 0 radical (unpaired) electrons. The molecule has 0 spiro atoms. The molecule has 0 aromatic carbocycles. The fourth-order valence-corrected chi connectivity index (χ4v) is 4.80. The Hall–Kier alpha value is -1.72. The molecule has 4 saturated carbocycles. The van der Waals surface area contributed by atoms with E-state index in [4.69, 9.17) is 0 Å². The molecule has 4 aliphatic rings. The maximum Gasteiger partial charge on any atom is 0.305 e. The third kappa shape index (κ3) is 1.94. The minimum absolute atomic E-state index is 0.0550. The fraction of sp³-hybridized carbons (Fsp3) is 0.714. The van der Waals surface area contributed by atoms with Crippen LogP contribution < -0.4 is 5.32 Å². The van der Waals surface area contributed by atoms with Crippen molar-refractivity contribution in [1.29, 1.82) is 0 Å². The standard InChI is InChI=1S/C14H18N4O2/c19-18(20)12-6-15-14(16-7-12)17-13-10-2-8-1-9(4-10)5-11(13)3-8/h6-11,13H,1-5H2,(H,15,16,17). The summed E-state index contributed by atoms with van der Waals surface area (Å²) >= 11 is 0. The SMILES string of the molecule is O=[N+]([O-])c1cnc(NC2C3CC4CC(C3)CC2C4)nc1. The van der Waals surface area contributed by atoms with E-state index in [1.807, 2.05) is 0 Å². The molecule has 6 heteroatoms. The van der Waals surface area contributed by atoms with Crippen LogP contribution in [-0.4, -0.2) is 20.9 Å². The number of aromatic nitrogens is 2. The number of nitrogens with one attached hydrogen (secondary N) is 1. The highest BCUT2D eigenvalue weighted by molar-refractivity contribution is 5.32. The van der Waals surface area contributed by atoms with Gasteiger partial charge in [0.25, 0.3) is 0 Å². The number of rotatable bonds is 3. The molecule has 0 amide bonds. The molecular weight excluding hydrogens is 256 g/mol. The van der Waals surface area contributed by atoms with Gasteiger partial charge >= 0.3 is 5.69 Å². The average Bonchev–Trinajstić information content (AvgIpc) is 2.42. The summed E-state index contributed by atoms with van der Waals surface area (Å²) in [4.78, 5) is 18.3. The first kappa shape index (κ1) is 12.1. The molecule has 1 heterocycles. The van der Waals surface area contributed by atoms with Crippen LogP contribution in [-0.2, 0) is 0 Å². The Morgan fingerprint density at radius 2 is 1.60 bits per heavy atom. The van der Waals surface area contributed by atoms with Crippen LogP contribution >= 0.6 is 0 Å². The van der Waals surface area contributed by atoms with E-state index in [1.165, 1.54) is 44.5 Å². The third-order valence-electron chi connectivity index (χ3n) is 5.37. The van der Waals surface area contributed by atoms with Gasteiger partial charge < -0.3 is 5.32 Å². The van der Waals surface area contributed by atoms with Crippen LogP contribution in [0.25, 0.3) is 0 Å². The van der Waals surface area contributed by atoms with Gasteiger partial charge in [0, 0.05) is 6.04 Å². The van der Waals surface area contributed by atoms with Crippen molar-refractivity contribution in [2.45, 2.75) is 38.1 Å². The first-order valence-electron chi connectivity index (χ1n) is 7.42. The second-order valence-corrected chi connectivity index (χ2v) is 6.62. The van der Waals surface area contributed by atoms with E-state index in [2.05, 4.69) is 15.3 Å². The lowest BCUT2D eigenvalue weighted by Crippen LogP contribution is -2.51. The van der Waals surface area contributed by atoms with Crippen LogP contribution in [0.15, 0.2) is 12.4 Å². The Labute approximate surface area is 117 Å². The Bertz CT molecular complexity index is 502. The number of nitrogens with zero attached hydrogens (tertiary/aromatic N) is 3. The number of anilines is 1. The molecule has 0 unspecified atom stereocenters. The molecule has 0 saturated heterocycles. The monoisotopic (exact) mass is 274 g/mol. The van der Waals surface area contributed by atoms with Gasteiger partial charge in [0.15, 0.2) is 0 Å². The predicted octanol–water partition coefficient (Wildman–Crippen LogP) is 2.62. The summed E-state index contributed by atoms with van der Waals surface area (Å²) in [6.07, 6.45) is 9.33. The molecule has 1 aromatic heterocycles. The van der Waals surface area contributed by atoms with Crippen LogP contribution in [0.4, 0.5) is 11.6 Å². The van der Waals surface area contributed by atoms with E-state index < -0.39 is 4.92 Å². The van der Waals surface area contributed by atoms with E-state index in [0.717, 1.165) is 23.7 Å². The number of hydrogen-bond acceptors (Lipinski definition) is 5. The second-order valence-electron chi connectivity index (χ2n) is 6.62. The van der Waals surface area contributed by atoms with Crippen molar-refractivity contribution in [3.63, 3.8) is 0 Å². The highest BCUT2D eigenvalue weighted by Crippen LogP contribution is 2.54. The first-order chi connectivity index (χ1) is 9.69. The fourth-order valence-electron chi connectivity index (χ4n) is 4.80. The van der Waals surface area contributed by atoms with Crippen molar-refractivity contribution in [3.05, 3.63) is 22.5 Å². The Balaban J connectivity index is 1.50. The van der Waals surface area contributed by atoms with Crippen molar-refractivity contribution in [2.75, 3.05) is 5.32 Å². The molecule has 0 atom stereocenters. The lowest BCUT2D eigenvalue weighted by molar-refractivity contribution is -0.385. The summed E-state index contributed by atoms with van der Waals surface area (Å²) in [6.45, 7) is 0. The van der Waals surface area contributed by atoms with Gasteiger partial charge in [0.05, 0.1) is 4.92 Å². The molecule has 5 rings (SSSR count). The van der Waals surface area contributed by atoms with E-state index in [-0.39, 0.29) is 5.69 Å². The molecule has 0 aliphatic heterocycles. The summed E-state index contributed by atoms with van der Waals surface area (Å²) in [5, 5.41) is 14.1. The Kier molecular flexibility index (Phi) is 2.65. The van der Waals surface area contributed by atoms with Gasteiger partial charge in [0.2, 0.25) is 5.95 Å². The predicted molar refractivity (Wildman–Crippen MR) is 73.1 cm³/mol. The van der Waals surface area contributed by atoms with Crippen molar-refractivity contribution in [1.82, 2.24) is 9.97 Å². The molecule has 4 bridgehead atoms. The maximum absolute atomic E-state index is 10.6. The molecule has 4 aliphatic carbocycles. The van der Waals surface area contributed by atoms with Gasteiger partial charge in [-0.2, -0.15) is 0 Å². The summed E-state index contributed by atoms with van der Waals surface area (Å²) in [6, 6.07) is 0.462. The number of hydrogen-bond donors (Lipinski definition) is 1. The zero-order valence-electron chi connectivity index (χ0n) is 11.2. The third-order valence-corrected chi connectivity index (χ3v) is 5.37. The highest BCUT2D eigenvalue weighted by atomic mass is 16.6. The zero-order chi connectivity index (χ0) is 13.7. The maximum atomic E-state index is 10.6. The summed E-state index contributed by atoms with van der Waals surface area (Å²) < 4.78 is 0. The van der Waals surface area contributed by atoms with Gasteiger partial charge in [-0.15, -0.1) is 0 Å². The Morgan fingerprint density at radius 3 is 2.10 bits per heavy atom. The topological polar surface area (TPSA) is 81.0 Å². The first-order valence-corrected chi connectivity index (χ1v) is 7.42. The smallest absolute Gasteiger partial charge is 0.305 e. The molecule has 106 valence electrons. The summed E-state index contributed by atoms with van der Waals surface area (Å²) in [7, 11) is 0. The highest BCUT2D eigenvalue weighted by Gasteiger charge is 2.48. The molecule has 6 nitrogen and oxygen atoms in total. The van der Waals surface area contributed by atoms with Crippen molar-refractivity contribution < 1.29 is 4.92 Å². The minimum atomic E-state index is -0.466. The summed E-state index contributed by atoms with van der Waals surface area (Å²) in [5.74, 6) is 3.89. The molecule has 20 heavy (non-hydrogen) atoms. The molecule has 1 N–H and O–H groups in total. The summed E-state index contributed by atoms with van der Waals surface area (Å²) in [5.41, 5.74) is -0.0550. The van der Waals surface area contributed by atoms with Crippen molar-refractivity contribution >= 4 is 11.6 Å².